The fourth-order valence-electron chi connectivity index (χ4n) is 2.77. The summed E-state index contributed by atoms with van der Waals surface area (Å²) >= 11 is 0. The zero-order valence-electron chi connectivity index (χ0n) is 9.11. The van der Waals surface area contributed by atoms with Crippen LogP contribution < -0.4 is 5.73 Å². The van der Waals surface area contributed by atoms with E-state index in [1.54, 1.807) is 0 Å². The molecule has 0 amide bonds. The Kier molecular flexibility index (Phi) is 3.42. The number of hydrogen-bond acceptors (Lipinski definition) is 3. The third-order valence-corrected chi connectivity index (χ3v) is 3.67. The maximum Gasteiger partial charge on any atom is 0.0622 e. The van der Waals surface area contributed by atoms with Crippen LogP contribution >= 0.6 is 0 Å². The summed E-state index contributed by atoms with van der Waals surface area (Å²) in [4.78, 5) is 2.59. The molecule has 0 aromatic heterocycles. The Morgan fingerprint density at radius 3 is 2.93 bits per heavy atom. The summed E-state index contributed by atoms with van der Waals surface area (Å²) in [7, 11) is 0. The van der Waals surface area contributed by atoms with E-state index < -0.39 is 0 Å². The van der Waals surface area contributed by atoms with Crippen molar-refractivity contribution < 1.29 is 4.74 Å². The van der Waals surface area contributed by atoms with E-state index in [1.165, 1.54) is 25.8 Å². The van der Waals surface area contributed by atoms with Crippen LogP contribution in [0, 0.1) is 5.92 Å². The number of likely N-dealkylation sites (tertiary alicyclic amines) is 1. The molecule has 0 aromatic carbocycles. The third-order valence-electron chi connectivity index (χ3n) is 3.67. The van der Waals surface area contributed by atoms with Crippen molar-refractivity contribution in [2.75, 3.05) is 26.3 Å². The topological polar surface area (TPSA) is 38.5 Å². The van der Waals surface area contributed by atoms with Crippen LogP contribution in [0.1, 0.15) is 26.2 Å². The summed E-state index contributed by atoms with van der Waals surface area (Å²) in [5.41, 5.74) is 5.84. The highest BCUT2D eigenvalue weighted by molar-refractivity contribution is 4.87. The highest BCUT2D eigenvalue weighted by atomic mass is 16.5. The average Bonchev–Trinajstić information content (AvgIpc) is 2.70. The predicted molar refractivity (Wildman–Crippen MR) is 57.2 cm³/mol. The van der Waals surface area contributed by atoms with Gasteiger partial charge in [0.25, 0.3) is 0 Å². The van der Waals surface area contributed by atoms with Crippen LogP contribution in [-0.4, -0.2) is 43.3 Å². The highest BCUT2D eigenvalue weighted by Crippen LogP contribution is 2.26. The van der Waals surface area contributed by atoms with Crippen LogP contribution in [0.4, 0.5) is 0 Å². The Balaban J connectivity index is 1.94. The summed E-state index contributed by atoms with van der Waals surface area (Å²) in [5.74, 6) is 0.849. The van der Waals surface area contributed by atoms with Gasteiger partial charge in [0.1, 0.15) is 0 Å². The quantitative estimate of drug-likeness (QED) is 0.714. The Hall–Kier alpha value is -0.120. The van der Waals surface area contributed by atoms with Gasteiger partial charge in [-0.2, -0.15) is 0 Å². The molecule has 0 saturated carbocycles. The SMILES string of the molecule is CC1CCN(C2CCOC2)C(CN)C1. The molecule has 2 rings (SSSR count). The molecule has 2 aliphatic heterocycles. The van der Waals surface area contributed by atoms with E-state index >= 15 is 0 Å². The van der Waals surface area contributed by atoms with Crippen molar-refractivity contribution >= 4 is 0 Å². The molecule has 0 spiro atoms. The molecular formula is C11H22N2O. The van der Waals surface area contributed by atoms with Crippen molar-refractivity contribution in [2.45, 2.75) is 38.3 Å². The monoisotopic (exact) mass is 198 g/mol. The molecular weight excluding hydrogens is 176 g/mol. The van der Waals surface area contributed by atoms with Gasteiger partial charge in [-0.05, 0) is 31.7 Å². The van der Waals surface area contributed by atoms with Crippen LogP contribution in [0.2, 0.25) is 0 Å². The molecule has 14 heavy (non-hydrogen) atoms. The first kappa shape index (κ1) is 10.4. The molecule has 2 aliphatic rings. The normalized spacial score (nSPS) is 40.3. The number of rotatable bonds is 2. The molecule has 3 unspecified atom stereocenters. The fraction of sp³-hybridized carbons (Fsp3) is 1.00. The predicted octanol–water partition coefficient (Wildman–Crippen LogP) is 0.834. The van der Waals surface area contributed by atoms with Crippen molar-refractivity contribution in [1.82, 2.24) is 4.90 Å². The molecule has 2 N–H and O–H groups in total. The van der Waals surface area contributed by atoms with Crippen molar-refractivity contribution in [3.8, 4) is 0 Å². The van der Waals surface area contributed by atoms with Crippen molar-refractivity contribution in [3.63, 3.8) is 0 Å². The smallest absolute Gasteiger partial charge is 0.0622 e. The van der Waals surface area contributed by atoms with Gasteiger partial charge in [0.15, 0.2) is 0 Å². The molecule has 2 fully saturated rings. The Bertz CT molecular complexity index is 180. The van der Waals surface area contributed by atoms with Gasteiger partial charge in [-0.1, -0.05) is 6.92 Å². The Morgan fingerprint density at radius 1 is 1.43 bits per heavy atom. The molecule has 3 atom stereocenters. The van der Waals surface area contributed by atoms with Gasteiger partial charge in [-0.3, -0.25) is 4.90 Å². The molecule has 0 bridgehead atoms. The first-order valence-corrected chi connectivity index (χ1v) is 5.85. The van der Waals surface area contributed by atoms with Gasteiger partial charge in [-0.25, -0.2) is 0 Å². The second-order valence-electron chi connectivity index (χ2n) is 4.77. The number of ether oxygens (including phenoxy) is 1. The van der Waals surface area contributed by atoms with Crippen LogP contribution in [-0.2, 0) is 4.74 Å². The van der Waals surface area contributed by atoms with E-state index in [2.05, 4.69) is 11.8 Å². The zero-order chi connectivity index (χ0) is 9.97. The van der Waals surface area contributed by atoms with Crippen molar-refractivity contribution in [1.29, 1.82) is 0 Å². The molecule has 82 valence electrons. The zero-order valence-corrected chi connectivity index (χ0v) is 9.11. The minimum absolute atomic E-state index is 0.602. The van der Waals surface area contributed by atoms with Gasteiger partial charge in [-0.15, -0.1) is 0 Å². The van der Waals surface area contributed by atoms with Gasteiger partial charge in [0, 0.05) is 25.2 Å². The van der Waals surface area contributed by atoms with Gasteiger partial charge < -0.3 is 10.5 Å². The van der Waals surface area contributed by atoms with E-state index in [9.17, 15) is 0 Å². The molecule has 0 aliphatic carbocycles. The lowest BCUT2D eigenvalue weighted by Crippen LogP contribution is -2.51. The largest absolute Gasteiger partial charge is 0.380 e. The van der Waals surface area contributed by atoms with Crippen LogP contribution in [0.3, 0.4) is 0 Å². The van der Waals surface area contributed by atoms with Crippen LogP contribution in [0.25, 0.3) is 0 Å². The van der Waals surface area contributed by atoms with E-state index in [1.807, 2.05) is 0 Å². The van der Waals surface area contributed by atoms with Crippen molar-refractivity contribution in [2.24, 2.45) is 11.7 Å². The van der Waals surface area contributed by atoms with E-state index in [4.69, 9.17) is 10.5 Å². The molecule has 2 saturated heterocycles. The molecule has 0 radical (unpaired) electrons. The standard InChI is InChI=1S/C11H22N2O/c1-9-2-4-13(11(6-9)7-12)10-3-5-14-8-10/h9-11H,2-8,12H2,1H3. The second kappa shape index (κ2) is 4.60. The van der Waals surface area contributed by atoms with E-state index in [0.717, 1.165) is 25.7 Å². The fourth-order valence-corrected chi connectivity index (χ4v) is 2.77. The minimum atomic E-state index is 0.602. The summed E-state index contributed by atoms with van der Waals surface area (Å²) in [6.07, 6.45) is 3.80. The van der Waals surface area contributed by atoms with Crippen LogP contribution in [0.5, 0.6) is 0 Å². The highest BCUT2D eigenvalue weighted by Gasteiger charge is 2.32. The van der Waals surface area contributed by atoms with Gasteiger partial charge in [0.05, 0.1) is 6.61 Å². The maximum atomic E-state index is 5.84. The lowest BCUT2D eigenvalue weighted by molar-refractivity contribution is 0.0659. The molecule has 0 aromatic rings. The summed E-state index contributed by atoms with van der Waals surface area (Å²) in [6.45, 7) is 6.22. The minimum Gasteiger partial charge on any atom is -0.380 e. The number of nitrogens with zero attached hydrogens (tertiary/aromatic N) is 1. The summed E-state index contributed by atoms with van der Waals surface area (Å²) in [6, 6.07) is 1.25. The van der Waals surface area contributed by atoms with Gasteiger partial charge in [0.2, 0.25) is 0 Å². The molecule has 3 nitrogen and oxygen atoms in total. The second-order valence-corrected chi connectivity index (χ2v) is 4.77. The summed E-state index contributed by atoms with van der Waals surface area (Å²) < 4.78 is 5.45. The van der Waals surface area contributed by atoms with E-state index in [0.29, 0.717) is 12.1 Å². The lowest BCUT2D eigenvalue weighted by atomic mass is 9.91. The molecule has 2 heterocycles. The molecule has 3 heteroatoms. The Labute approximate surface area is 86.6 Å². The number of hydrogen-bond donors (Lipinski definition) is 1. The third kappa shape index (κ3) is 2.10. The average molecular weight is 198 g/mol. The van der Waals surface area contributed by atoms with E-state index in [-0.39, 0.29) is 0 Å². The van der Waals surface area contributed by atoms with Crippen LogP contribution in [0.15, 0.2) is 0 Å². The Morgan fingerprint density at radius 2 is 2.29 bits per heavy atom. The first-order chi connectivity index (χ1) is 6.81. The lowest BCUT2D eigenvalue weighted by Gasteiger charge is -2.41. The number of piperidine rings is 1. The summed E-state index contributed by atoms with van der Waals surface area (Å²) in [5, 5.41) is 0. The maximum absolute atomic E-state index is 5.84. The van der Waals surface area contributed by atoms with Gasteiger partial charge >= 0.3 is 0 Å². The number of nitrogens with two attached hydrogens (primary N) is 1. The van der Waals surface area contributed by atoms with Crippen molar-refractivity contribution in [3.05, 3.63) is 0 Å². The first-order valence-electron chi connectivity index (χ1n) is 5.85.